The fourth-order valence-electron chi connectivity index (χ4n) is 2.84. The molecule has 2 aromatic carbocycles. The average molecular weight is 382 g/mol. The fourth-order valence-corrected chi connectivity index (χ4v) is 3.68. The van der Waals surface area contributed by atoms with E-state index < -0.39 is 0 Å². The zero-order chi connectivity index (χ0) is 18.8. The lowest BCUT2D eigenvalue weighted by molar-refractivity contribution is 0.394. The van der Waals surface area contributed by atoms with E-state index in [2.05, 4.69) is 10.2 Å². The maximum Gasteiger partial charge on any atom is 0.212 e. The van der Waals surface area contributed by atoms with E-state index in [4.69, 9.17) is 19.3 Å². The highest BCUT2D eigenvalue weighted by molar-refractivity contribution is 7.99. The van der Waals surface area contributed by atoms with Crippen LogP contribution in [0.15, 0.2) is 52.7 Å². The molecule has 3 aromatic rings. The van der Waals surface area contributed by atoms with Crippen molar-refractivity contribution in [3.8, 4) is 28.6 Å². The van der Waals surface area contributed by atoms with Crippen molar-refractivity contribution < 1.29 is 14.2 Å². The number of nitrogens with zero attached hydrogens (tertiary/aromatic N) is 4. The molecule has 8 heteroatoms. The summed E-state index contributed by atoms with van der Waals surface area (Å²) in [4.78, 5) is 0. The van der Waals surface area contributed by atoms with Gasteiger partial charge in [0.1, 0.15) is 17.2 Å². The van der Waals surface area contributed by atoms with Crippen molar-refractivity contribution >= 4 is 17.5 Å². The first-order chi connectivity index (χ1) is 13.2. The number of thioether (sulfide) groups is 1. The zero-order valence-electron chi connectivity index (χ0n) is 15.2. The van der Waals surface area contributed by atoms with Crippen molar-refractivity contribution in [3.05, 3.63) is 48.0 Å². The number of hydrogen-bond acceptors (Lipinski definition) is 7. The van der Waals surface area contributed by atoms with Crippen molar-refractivity contribution in [1.82, 2.24) is 14.9 Å². The first-order valence-corrected chi connectivity index (χ1v) is 9.25. The predicted molar refractivity (Wildman–Crippen MR) is 104 cm³/mol. The summed E-state index contributed by atoms with van der Waals surface area (Å²) in [5.74, 6) is 3.48. The molecule has 27 heavy (non-hydrogen) atoms. The molecular formula is C19H18N4O3S. The quantitative estimate of drug-likeness (QED) is 0.674. The van der Waals surface area contributed by atoms with Crippen LogP contribution in [0.25, 0.3) is 11.4 Å². The van der Waals surface area contributed by atoms with Crippen LogP contribution in [0.5, 0.6) is 17.2 Å². The van der Waals surface area contributed by atoms with Gasteiger partial charge in [-0.2, -0.15) is 9.78 Å². The van der Waals surface area contributed by atoms with Crippen LogP contribution in [-0.4, -0.2) is 47.7 Å². The molecule has 1 aliphatic rings. The van der Waals surface area contributed by atoms with Crippen LogP contribution in [0.1, 0.15) is 5.56 Å². The molecule has 0 saturated heterocycles. The van der Waals surface area contributed by atoms with Gasteiger partial charge >= 0.3 is 0 Å². The molecule has 0 bridgehead atoms. The van der Waals surface area contributed by atoms with Gasteiger partial charge in [-0.1, -0.05) is 23.9 Å². The van der Waals surface area contributed by atoms with Crippen LogP contribution >= 0.6 is 11.8 Å². The molecular weight excluding hydrogens is 364 g/mol. The Kier molecular flexibility index (Phi) is 4.72. The molecule has 0 N–H and O–H groups in total. The number of rotatable bonds is 5. The lowest BCUT2D eigenvalue weighted by Gasteiger charge is -2.16. The molecule has 0 unspecified atom stereocenters. The van der Waals surface area contributed by atoms with Crippen molar-refractivity contribution in [2.45, 2.75) is 5.16 Å². The largest absolute Gasteiger partial charge is 0.497 e. The molecule has 0 saturated carbocycles. The van der Waals surface area contributed by atoms with Crippen LogP contribution in [0.4, 0.5) is 0 Å². The zero-order valence-corrected chi connectivity index (χ0v) is 16.0. The summed E-state index contributed by atoms with van der Waals surface area (Å²) < 4.78 is 18.0. The Bertz CT molecular complexity index is 994. The summed E-state index contributed by atoms with van der Waals surface area (Å²) >= 11 is 1.58. The van der Waals surface area contributed by atoms with Gasteiger partial charge < -0.3 is 14.2 Å². The minimum absolute atomic E-state index is 0.641. The van der Waals surface area contributed by atoms with Gasteiger partial charge in [0.2, 0.25) is 5.16 Å². The van der Waals surface area contributed by atoms with E-state index in [1.165, 1.54) is 0 Å². The summed E-state index contributed by atoms with van der Waals surface area (Å²) in [6.07, 6.45) is 0. The number of methoxy groups -OCH3 is 3. The standard InChI is InChI=1S/C19H18N4O3S/c1-24-13-8-12(9-14(10-13)25-2)16-11-27-19-21-20-18(23(19)22-16)15-6-4-5-7-17(15)26-3/h4-10H,11H2,1-3H3. The molecule has 1 aromatic heterocycles. The Morgan fingerprint density at radius 2 is 1.67 bits per heavy atom. The van der Waals surface area contributed by atoms with Crippen LogP contribution < -0.4 is 14.2 Å². The minimum Gasteiger partial charge on any atom is -0.497 e. The van der Waals surface area contributed by atoms with E-state index in [1.807, 2.05) is 42.5 Å². The third-order valence-corrected chi connectivity index (χ3v) is 5.13. The topological polar surface area (TPSA) is 70.8 Å². The summed E-state index contributed by atoms with van der Waals surface area (Å²) in [7, 11) is 4.90. The molecule has 0 radical (unpaired) electrons. The van der Waals surface area contributed by atoms with E-state index in [9.17, 15) is 0 Å². The van der Waals surface area contributed by atoms with Gasteiger partial charge in [0.15, 0.2) is 5.82 Å². The Morgan fingerprint density at radius 1 is 0.926 bits per heavy atom. The summed E-state index contributed by atoms with van der Waals surface area (Å²) in [6, 6.07) is 13.4. The maximum absolute atomic E-state index is 5.46. The second-order valence-electron chi connectivity index (χ2n) is 5.75. The second kappa shape index (κ2) is 7.32. The van der Waals surface area contributed by atoms with Crippen molar-refractivity contribution in [1.29, 1.82) is 0 Å². The minimum atomic E-state index is 0.641. The number of hydrogen-bond donors (Lipinski definition) is 0. The van der Waals surface area contributed by atoms with E-state index >= 15 is 0 Å². The van der Waals surface area contributed by atoms with E-state index in [0.717, 1.165) is 39.2 Å². The van der Waals surface area contributed by atoms with Crippen LogP contribution in [0, 0.1) is 0 Å². The first-order valence-electron chi connectivity index (χ1n) is 8.26. The Balaban J connectivity index is 1.81. The lowest BCUT2D eigenvalue weighted by Crippen LogP contribution is -2.14. The van der Waals surface area contributed by atoms with Gasteiger partial charge in [-0.25, -0.2) is 0 Å². The average Bonchev–Trinajstić information content (AvgIpc) is 3.16. The van der Waals surface area contributed by atoms with Crippen molar-refractivity contribution in [3.63, 3.8) is 0 Å². The van der Waals surface area contributed by atoms with Gasteiger partial charge in [0.25, 0.3) is 0 Å². The van der Waals surface area contributed by atoms with Gasteiger partial charge in [-0.3, -0.25) is 0 Å². The Hall–Kier alpha value is -3.00. The van der Waals surface area contributed by atoms with E-state index in [1.54, 1.807) is 37.8 Å². The smallest absolute Gasteiger partial charge is 0.212 e. The molecule has 7 nitrogen and oxygen atoms in total. The van der Waals surface area contributed by atoms with Gasteiger partial charge in [0.05, 0.1) is 32.6 Å². The molecule has 4 rings (SSSR count). The van der Waals surface area contributed by atoms with Gasteiger partial charge in [-0.05, 0) is 24.3 Å². The SMILES string of the molecule is COc1cc(OC)cc(C2=Nn3c(nnc3-c3ccccc3OC)SC2)c1. The van der Waals surface area contributed by atoms with Crippen LogP contribution in [-0.2, 0) is 0 Å². The maximum atomic E-state index is 5.46. The molecule has 0 amide bonds. The van der Waals surface area contributed by atoms with Gasteiger partial charge in [-0.15, -0.1) is 10.2 Å². The molecule has 0 spiro atoms. The highest BCUT2D eigenvalue weighted by atomic mass is 32.2. The summed E-state index contributed by atoms with van der Waals surface area (Å²) in [5, 5.41) is 14.1. The number of ether oxygens (including phenoxy) is 3. The second-order valence-corrected chi connectivity index (χ2v) is 6.70. The molecule has 0 atom stereocenters. The van der Waals surface area contributed by atoms with Gasteiger partial charge in [0, 0.05) is 17.4 Å². The predicted octanol–water partition coefficient (Wildman–Crippen LogP) is 3.33. The number of para-hydroxylation sites is 1. The molecule has 138 valence electrons. The number of aromatic nitrogens is 3. The monoisotopic (exact) mass is 382 g/mol. The normalized spacial score (nSPS) is 12.9. The molecule has 0 fully saturated rings. The van der Waals surface area contributed by atoms with Crippen LogP contribution in [0.2, 0.25) is 0 Å². The van der Waals surface area contributed by atoms with E-state index in [-0.39, 0.29) is 0 Å². The summed E-state index contributed by atoms with van der Waals surface area (Å²) in [6.45, 7) is 0. The third-order valence-electron chi connectivity index (χ3n) is 4.20. The molecule has 0 aliphatic carbocycles. The molecule has 1 aliphatic heterocycles. The van der Waals surface area contributed by atoms with Crippen molar-refractivity contribution in [2.24, 2.45) is 5.10 Å². The fraction of sp³-hybridized carbons (Fsp3) is 0.211. The number of benzene rings is 2. The Morgan fingerprint density at radius 3 is 2.37 bits per heavy atom. The van der Waals surface area contributed by atoms with Crippen LogP contribution in [0.3, 0.4) is 0 Å². The lowest BCUT2D eigenvalue weighted by atomic mass is 10.1. The third kappa shape index (κ3) is 3.23. The summed E-state index contributed by atoms with van der Waals surface area (Å²) in [5.41, 5.74) is 2.66. The van der Waals surface area contributed by atoms with Crippen molar-refractivity contribution in [2.75, 3.05) is 27.1 Å². The van der Waals surface area contributed by atoms with E-state index in [0.29, 0.717) is 11.6 Å². The number of fused-ring (bicyclic) bond motifs is 1. The Labute approximate surface area is 161 Å². The first kappa shape index (κ1) is 17.4. The molecule has 2 heterocycles. The highest BCUT2D eigenvalue weighted by Crippen LogP contribution is 2.33. The highest BCUT2D eigenvalue weighted by Gasteiger charge is 2.23.